The number of hydrogen-bond acceptors (Lipinski definition) is 5. The van der Waals surface area contributed by atoms with E-state index < -0.39 is 0 Å². The number of thiazole rings is 1. The van der Waals surface area contributed by atoms with Crippen LogP contribution in [0.5, 0.6) is 5.75 Å². The summed E-state index contributed by atoms with van der Waals surface area (Å²) >= 11 is 1.36. The Morgan fingerprint density at radius 3 is 2.88 bits per heavy atom. The average Bonchev–Trinajstić information content (AvgIpc) is 3.23. The predicted octanol–water partition coefficient (Wildman–Crippen LogP) is 2.92. The van der Waals surface area contributed by atoms with Gasteiger partial charge in [0, 0.05) is 30.2 Å². The van der Waals surface area contributed by atoms with Gasteiger partial charge in [-0.05, 0) is 30.7 Å². The molecule has 1 N–H and O–H groups in total. The summed E-state index contributed by atoms with van der Waals surface area (Å²) in [6, 6.07) is 7.40. The molecule has 3 rings (SSSR count). The molecule has 0 bridgehead atoms. The Morgan fingerprint density at radius 2 is 2.21 bits per heavy atom. The molecule has 6 nitrogen and oxygen atoms in total. The van der Waals surface area contributed by atoms with Crippen LogP contribution in [0.15, 0.2) is 35.8 Å². The van der Waals surface area contributed by atoms with E-state index in [0.29, 0.717) is 18.3 Å². The van der Waals surface area contributed by atoms with E-state index in [-0.39, 0.29) is 24.2 Å². The molecular formula is C17H19N3O3S. The molecule has 7 heteroatoms. The second kappa shape index (κ2) is 7.44. The number of anilines is 2. The minimum Gasteiger partial charge on any atom is -0.494 e. The second-order valence-electron chi connectivity index (χ2n) is 5.57. The molecule has 1 atom stereocenters. The summed E-state index contributed by atoms with van der Waals surface area (Å²) < 4.78 is 5.54. The van der Waals surface area contributed by atoms with Crippen LogP contribution < -0.4 is 15.0 Å². The largest absolute Gasteiger partial charge is 0.494 e. The number of hydrogen-bond donors (Lipinski definition) is 1. The summed E-state index contributed by atoms with van der Waals surface area (Å²) in [6.45, 7) is 3.10. The van der Waals surface area contributed by atoms with Crippen LogP contribution in [0.4, 0.5) is 10.8 Å². The highest BCUT2D eigenvalue weighted by molar-refractivity contribution is 7.13. The molecule has 1 fully saturated rings. The number of rotatable bonds is 6. The third-order valence-corrected chi connectivity index (χ3v) is 4.47. The van der Waals surface area contributed by atoms with Crippen LogP contribution in [0.1, 0.15) is 19.8 Å². The van der Waals surface area contributed by atoms with Crippen molar-refractivity contribution in [3.63, 3.8) is 0 Å². The van der Waals surface area contributed by atoms with Crippen LogP contribution in [0.2, 0.25) is 0 Å². The maximum atomic E-state index is 12.3. The first-order chi connectivity index (χ1) is 11.7. The van der Waals surface area contributed by atoms with Gasteiger partial charge in [0.05, 0.1) is 12.5 Å². The third-order valence-electron chi connectivity index (χ3n) is 3.78. The number of ether oxygens (including phenoxy) is 1. The van der Waals surface area contributed by atoms with E-state index in [1.165, 1.54) is 11.3 Å². The highest BCUT2D eigenvalue weighted by atomic mass is 32.1. The van der Waals surface area contributed by atoms with Crippen LogP contribution in [0, 0.1) is 5.92 Å². The van der Waals surface area contributed by atoms with E-state index in [0.717, 1.165) is 17.9 Å². The Morgan fingerprint density at radius 1 is 1.42 bits per heavy atom. The molecule has 1 aliphatic rings. The van der Waals surface area contributed by atoms with E-state index >= 15 is 0 Å². The average molecular weight is 345 g/mol. The Bertz CT molecular complexity index is 700. The van der Waals surface area contributed by atoms with Crippen molar-refractivity contribution in [3.8, 4) is 5.75 Å². The minimum absolute atomic E-state index is 0.0449. The molecule has 126 valence electrons. The Balaban J connectivity index is 1.63. The van der Waals surface area contributed by atoms with E-state index in [1.807, 2.05) is 31.2 Å². The number of nitrogens with zero attached hydrogens (tertiary/aromatic N) is 2. The van der Waals surface area contributed by atoms with Gasteiger partial charge in [0.25, 0.3) is 0 Å². The number of aromatic nitrogens is 1. The SMILES string of the molecule is CCCOc1ccc(N2C[C@@H](C(=O)Nc3nccs3)CC2=O)cc1. The lowest BCUT2D eigenvalue weighted by Crippen LogP contribution is -2.28. The highest BCUT2D eigenvalue weighted by Crippen LogP contribution is 2.27. The van der Waals surface area contributed by atoms with Crippen molar-refractivity contribution >= 4 is 34.0 Å². The molecule has 1 aromatic carbocycles. The van der Waals surface area contributed by atoms with Crippen LogP contribution >= 0.6 is 11.3 Å². The van der Waals surface area contributed by atoms with Crippen LogP contribution in [-0.2, 0) is 9.59 Å². The predicted molar refractivity (Wildman–Crippen MR) is 93.4 cm³/mol. The lowest BCUT2D eigenvalue weighted by atomic mass is 10.1. The standard InChI is InChI=1S/C17H19N3O3S/c1-2-8-23-14-5-3-13(4-6-14)20-11-12(10-15(20)21)16(22)19-17-18-7-9-24-17/h3-7,9,12H,2,8,10-11H2,1H3,(H,18,19,22)/t12-/m0/s1. The minimum atomic E-state index is -0.364. The zero-order valence-electron chi connectivity index (χ0n) is 13.4. The number of amides is 2. The zero-order valence-corrected chi connectivity index (χ0v) is 14.2. The van der Waals surface area contributed by atoms with Crippen molar-refractivity contribution < 1.29 is 14.3 Å². The third kappa shape index (κ3) is 3.73. The fourth-order valence-corrected chi connectivity index (χ4v) is 3.10. The number of benzene rings is 1. The molecule has 0 aliphatic carbocycles. The molecule has 1 aromatic heterocycles. The van der Waals surface area contributed by atoms with Gasteiger partial charge in [0.1, 0.15) is 5.75 Å². The van der Waals surface area contributed by atoms with Gasteiger partial charge in [-0.3, -0.25) is 9.59 Å². The van der Waals surface area contributed by atoms with Gasteiger partial charge in [0.15, 0.2) is 5.13 Å². The van der Waals surface area contributed by atoms with Crippen molar-refractivity contribution in [2.75, 3.05) is 23.4 Å². The summed E-state index contributed by atoms with van der Waals surface area (Å²) in [7, 11) is 0. The van der Waals surface area contributed by atoms with E-state index in [9.17, 15) is 9.59 Å². The van der Waals surface area contributed by atoms with E-state index in [1.54, 1.807) is 16.5 Å². The maximum absolute atomic E-state index is 12.3. The van der Waals surface area contributed by atoms with Crippen LogP contribution in [0.25, 0.3) is 0 Å². The van der Waals surface area contributed by atoms with Gasteiger partial charge >= 0.3 is 0 Å². The molecule has 1 saturated heterocycles. The summed E-state index contributed by atoms with van der Waals surface area (Å²) in [5.41, 5.74) is 0.786. The smallest absolute Gasteiger partial charge is 0.231 e. The highest BCUT2D eigenvalue weighted by Gasteiger charge is 2.35. The summed E-state index contributed by atoms with van der Waals surface area (Å²) in [5.74, 6) is 0.211. The van der Waals surface area contributed by atoms with Crippen molar-refractivity contribution in [2.45, 2.75) is 19.8 Å². The first kappa shape index (κ1) is 16.4. The van der Waals surface area contributed by atoms with Gasteiger partial charge in [0.2, 0.25) is 11.8 Å². The Hall–Kier alpha value is -2.41. The van der Waals surface area contributed by atoms with Gasteiger partial charge in [-0.25, -0.2) is 4.98 Å². The summed E-state index contributed by atoms with van der Waals surface area (Å²) in [6.07, 6.45) is 2.79. The topological polar surface area (TPSA) is 71.5 Å². The van der Waals surface area contributed by atoms with Crippen molar-refractivity contribution in [1.82, 2.24) is 4.98 Å². The Kier molecular flexibility index (Phi) is 5.10. The molecule has 24 heavy (non-hydrogen) atoms. The molecule has 2 heterocycles. The van der Waals surface area contributed by atoms with Gasteiger partial charge < -0.3 is 15.0 Å². The number of nitrogens with one attached hydrogen (secondary N) is 1. The maximum Gasteiger partial charge on any atom is 0.231 e. The monoisotopic (exact) mass is 345 g/mol. The van der Waals surface area contributed by atoms with Crippen molar-refractivity contribution in [1.29, 1.82) is 0 Å². The first-order valence-corrected chi connectivity index (χ1v) is 8.79. The lowest BCUT2D eigenvalue weighted by Gasteiger charge is -2.17. The van der Waals surface area contributed by atoms with Crippen LogP contribution in [0.3, 0.4) is 0 Å². The second-order valence-corrected chi connectivity index (χ2v) is 6.47. The molecule has 1 aliphatic heterocycles. The van der Waals surface area contributed by atoms with E-state index in [2.05, 4.69) is 10.3 Å². The number of carbonyl (C=O) groups is 2. The Labute approximate surface area is 144 Å². The normalized spacial score (nSPS) is 17.1. The van der Waals surface area contributed by atoms with Crippen LogP contribution in [-0.4, -0.2) is 29.9 Å². The fourth-order valence-electron chi connectivity index (χ4n) is 2.57. The lowest BCUT2D eigenvalue weighted by molar-refractivity contribution is -0.122. The molecule has 2 amide bonds. The molecule has 0 unspecified atom stereocenters. The molecular weight excluding hydrogens is 326 g/mol. The first-order valence-electron chi connectivity index (χ1n) is 7.91. The molecule has 0 spiro atoms. The molecule has 0 saturated carbocycles. The molecule has 2 aromatic rings. The fraction of sp³-hybridized carbons (Fsp3) is 0.353. The van der Waals surface area contributed by atoms with Gasteiger partial charge in [-0.1, -0.05) is 6.92 Å². The van der Waals surface area contributed by atoms with Crippen molar-refractivity contribution in [2.24, 2.45) is 5.92 Å². The van der Waals surface area contributed by atoms with Gasteiger partial charge in [-0.2, -0.15) is 0 Å². The number of carbonyl (C=O) groups excluding carboxylic acids is 2. The van der Waals surface area contributed by atoms with Gasteiger partial charge in [-0.15, -0.1) is 11.3 Å². The zero-order chi connectivity index (χ0) is 16.9. The summed E-state index contributed by atoms with van der Waals surface area (Å²) in [5, 5.41) is 5.11. The summed E-state index contributed by atoms with van der Waals surface area (Å²) in [4.78, 5) is 30.2. The molecule has 0 radical (unpaired) electrons. The van der Waals surface area contributed by atoms with Crippen molar-refractivity contribution in [3.05, 3.63) is 35.8 Å². The van der Waals surface area contributed by atoms with E-state index in [4.69, 9.17) is 4.74 Å². The quantitative estimate of drug-likeness (QED) is 0.874.